The minimum Gasteiger partial charge on any atom is -0.378 e. The summed E-state index contributed by atoms with van der Waals surface area (Å²) in [5.74, 6) is 15.4. The molecule has 2 unspecified atom stereocenters. The molecule has 0 aromatic rings. The molecule has 0 saturated heterocycles. The van der Waals surface area contributed by atoms with E-state index in [9.17, 15) is 10.2 Å². The number of hydrogen-bond donors (Lipinski definition) is 2. The highest BCUT2D eigenvalue weighted by Gasteiger charge is 2.22. The van der Waals surface area contributed by atoms with Crippen molar-refractivity contribution in [2.75, 3.05) is 0 Å². The van der Waals surface area contributed by atoms with Gasteiger partial charge in [-0.1, -0.05) is 79.1 Å². The molecule has 0 aliphatic heterocycles. The Kier molecular flexibility index (Phi) is 17.3. The van der Waals surface area contributed by atoms with Gasteiger partial charge < -0.3 is 10.2 Å². The van der Waals surface area contributed by atoms with Gasteiger partial charge in [-0.15, -0.1) is 0 Å². The standard InChI is InChI=1S/C18H34.C16H30O2/c1-15(2)9-11-17(5,6)13-14-18(7,8)12-10-16(3)4;1-13(2)7-9-15(5,17)11-12-16(6,18)10-8-14(3)4/h15-16H,9-12H2,1-8H3;13-14,17-18H,7-10H2,1-6H3. The van der Waals surface area contributed by atoms with Gasteiger partial charge in [0.05, 0.1) is 0 Å². The zero-order valence-electron chi connectivity index (χ0n) is 26.9. The van der Waals surface area contributed by atoms with Gasteiger partial charge in [0, 0.05) is 10.8 Å². The fraction of sp³-hybridized carbons (Fsp3) is 0.882. The highest BCUT2D eigenvalue weighted by atomic mass is 16.3. The van der Waals surface area contributed by atoms with Crippen molar-refractivity contribution in [3.05, 3.63) is 0 Å². The van der Waals surface area contributed by atoms with Crippen LogP contribution in [0.2, 0.25) is 0 Å². The van der Waals surface area contributed by atoms with E-state index in [0.717, 1.165) is 24.7 Å². The first-order chi connectivity index (χ1) is 16.1. The summed E-state index contributed by atoms with van der Waals surface area (Å²) in [7, 11) is 0. The highest BCUT2D eigenvalue weighted by Crippen LogP contribution is 2.28. The minimum absolute atomic E-state index is 0.166. The molecule has 0 amide bonds. The van der Waals surface area contributed by atoms with Gasteiger partial charge in [0.25, 0.3) is 0 Å². The first-order valence-electron chi connectivity index (χ1n) is 14.6. The summed E-state index contributed by atoms with van der Waals surface area (Å²) < 4.78 is 0. The van der Waals surface area contributed by atoms with Crippen LogP contribution >= 0.6 is 0 Å². The Bertz CT molecular complexity index is 579. The van der Waals surface area contributed by atoms with E-state index < -0.39 is 11.2 Å². The zero-order chi connectivity index (χ0) is 28.8. The SMILES string of the molecule is CC(C)CCC(C)(C)C#CC(C)(C)CCC(C)C.CC(C)CCC(C)(O)C#CC(C)(O)CCC(C)C. The van der Waals surface area contributed by atoms with Crippen molar-refractivity contribution in [2.24, 2.45) is 34.5 Å². The summed E-state index contributed by atoms with van der Waals surface area (Å²) >= 11 is 0. The molecule has 0 aromatic heterocycles. The molecule has 0 aromatic carbocycles. The Morgan fingerprint density at radius 3 is 0.861 bits per heavy atom. The van der Waals surface area contributed by atoms with Gasteiger partial charge in [-0.2, -0.15) is 0 Å². The Morgan fingerprint density at radius 2 is 0.639 bits per heavy atom. The maximum Gasteiger partial charge on any atom is 0.122 e. The minimum atomic E-state index is -0.994. The Hall–Kier alpha value is -0.960. The lowest BCUT2D eigenvalue weighted by atomic mass is 9.81. The van der Waals surface area contributed by atoms with Crippen molar-refractivity contribution in [3.8, 4) is 23.7 Å². The monoisotopic (exact) mass is 504 g/mol. The molecule has 0 spiro atoms. The van der Waals surface area contributed by atoms with E-state index in [-0.39, 0.29) is 10.8 Å². The molecule has 2 N–H and O–H groups in total. The normalized spacial score (nSPS) is 15.4. The average molecular weight is 505 g/mol. The van der Waals surface area contributed by atoms with E-state index in [1.54, 1.807) is 13.8 Å². The van der Waals surface area contributed by atoms with E-state index in [0.29, 0.717) is 24.7 Å². The molecule has 2 heteroatoms. The smallest absolute Gasteiger partial charge is 0.122 e. The Labute approximate surface area is 227 Å². The van der Waals surface area contributed by atoms with Crippen LogP contribution in [0.25, 0.3) is 0 Å². The fourth-order valence-corrected chi connectivity index (χ4v) is 3.30. The second-order valence-electron chi connectivity index (χ2n) is 14.5. The number of aliphatic hydroxyl groups is 2. The fourth-order valence-electron chi connectivity index (χ4n) is 3.30. The predicted octanol–water partition coefficient (Wildman–Crippen LogP) is 9.28. The van der Waals surface area contributed by atoms with E-state index >= 15 is 0 Å². The second-order valence-corrected chi connectivity index (χ2v) is 14.5. The third-order valence-electron chi connectivity index (χ3n) is 6.45. The molecular formula is C34H64O2. The summed E-state index contributed by atoms with van der Waals surface area (Å²) in [6.45, 7) is 30.2. The summed E-state index contributed by atoms with van der Waals surface area (Å²) in [4.78, 5) is 0. The summed E-state index contributed by atoms with van der Waals surface area (Å²) in [5.41, 5.74) is -1.66. The predicted molar refractivity (Wildman–Crippen MR) is 161 cm³/mol. The molecule has 36 heavy (non-hydrogen) atoms. The zero-order valence-corrected chi connectivity index (χ0v) is 26.9. The van der Waals surface area contributed by atoms with Gasteiger partial charge in [0.1, 0.15) is 11.2 Å². The molecule has 0 heterocycles. The van der Waals surface area contributed by atoms with Gasteiger partial charge >= 0.3 is 0 Å². The molecule has 0 fully saturated rings. The van der Waals surface area contributed by atoms with Crippen molar-refractivity contribution in [1.29, 1.82) is 0 Å². The summed E-state index contributed by atoms with van der Waals surface area (Å²) in [6.07, 6.45) is 8.14. The number of rotatable bonds is 12. The quantitative estimate of drug-likeness (QED) is 0.260. The maximum absolute atomic E-state index is 10.1. The first kappa shape index (κ1) is 37.2. The lowest BCUT2D eigenvalue weighted by Crippen LogP contribution is -2.26. The second kappa shape index (κ2) is 16.8. The van der Waals surface area contributed by atoms with Crippen LogP contribution in [0.1, 0.15) is 148 Å². The van der Waals surface area contributed by atoms with Crippen LogP contribution in [0.15, 0.2) is 0 Å². The van der Waals surface area contributed by atoms with Crippen LogP contribution < -0.4 is 0 Å². The molecule has 0 radical (unpaired) electrons. The topological polar surface area (TPSA) is 40.5 Å². The Morgan fingerprint density at radius 1 is 0.417 bits per heavy atom. The van der Waals surface area contributed by atoms with Crippen LogP contribution in [0.5, 0.6) is 0 Å². The van der Waals surface area contributed by atoms with Crippen LogP contribution in [-0.2, 0) is 0 Å². The lowest BCUT2D eigenvalue weighted by molar-refractivity contribution is 0.0936. The first-order valence-corrected chi connectivity index (χ1v) is 14.6. The van der Waals surface area contributed by atoms with Gasteiger partial charge in [0.15, 0.2) is 0 Å². The summed E-state index contributed by atoms with van der Waals surface area (Å²) in [6, 6.07) is 0. The highest BCUT2D eigenvalue weighted by molar-refractivity contribution is 5.19. The van der Waals surface area contributed by atoms with Crippen molar-refractivity contribution in [1.82, 2.24) is 0 Å². The van der Waals surface area contributed by atoms with Crippen molar-refractivity contribution in [3.63, 3.8) is 0 Å². The van der Waals surface area contributed by atoms with Gasteiger partial charge in [-0.25, -0.2) is 0 Å². The van der Waals surface area contributed by atoms with E-state index in [1.807, 2.05) is 0 Å². The van der Waals surface area contributed by atoms with Crippen molar-refractivity contribution >= 4 is 0 Å². The third-order valence-corrected chi connectivity index (χ3v) is 6.45. The van der Waals surface area contributed by atoms with Crippen LogP contribution in [0.4, 0.5) is 0 Å². The van der Waals surface area contributed by atoms with E-state index in [1.165, 1.54) is 25.7 Å². The van der Waals surface area contributed by atoms with E-state index in [2.05, 4.69) is 107 Å². The van der Waals surface area contributed by atoms with Gasteiger partial charge in [0.2, 0.25) is 0 Å². The largest absolute Gasteiger partial charge is 0.378 e. The molecule has 2 nitrogen and oxygen atoms in total. The maximum atomic E-state index is 10.1. The number of hydrogen-bond acceptors (Lipinski definition) is 2. The molecular weight excluding hydrogens is 440 g/mol. The third kappa shape index (κ3) is 24.7. The van der Waals surface area contributed by atoms with Crippen molar-refractivity contribution < 1.29 is 10.2 Å². The Balaban J connectivity index is 0. The van der Waals surface area contributed by atoms with Gasteiger partial charge in [-0.3, -0.25) is 0 Å². The van der Waals surface area contributed by atoms with Crippen LogP contribution in [0.3, 0.4) is 0 Å². The molecule has 0 saturated carbocycles. The summed E-state index contributed by atoms with van der Waals surface area (Å²) in [5, 5.41) is 20.2. The average Bonchev–Trinajstić information content (AvgIpc) is 2.72. The molecule has 0 aliphatic rings. The molecule has 212 valence electrons. The molecule has 2 atom stereocenters. The molecule has 0 rings (SSSR count). The van der Waals surface area contributed by atoms with E-state index in [4.69, 9.17) is 0 Å². The van der Waals surface area contributed by atoms with Crippen LogP contribution in [0, 0.1) is 58.2 Å². The van der Waals surface area contributed by atoms with Crippen molar-refractivity contribution in [2.45, 2.75) is 160 Å². The lowest BCUT2D eigenvalue weighted by Gasteiger charge is -2.22. The molecule has 0 bridgehead atoms. The molecule has 0 aliphatic carbocycles. The van der Waals surface area contributed by atoms with Crippen LogP contribution in [-0.4, -0.2) is 21.4 Å². The van der Waals surface area contributed by atoms with Gasteiger partial charge in [-0.05, 0) is 117 Å².